The van der Waals surface area contributed by atoms with Crippen LogP contribution in [-0.4, -0.2) is 115 Å². The van der Waals surface area contributed by atoms with Crippen molar-refractivity contribution in [1.29, 1.82) is 0 Å². The van der Waals surface area contributed by atoms with Crippen molar-refractivity contribution in [2.75, 3.05) is 53.4 Å². The number of rotatable bonds is 25. The zero-order chi connectivity index (χ0) is 36.3. The summed E-state index contributed by atoms with van der Waals surface area (Å²) in [6, 6.07) is 9.93. The van der Waals surface area contributed by atoms with Gasteiger partial charge in [0, 0.05) is 45.7 Å². The molecule has 3 aliphatic rings. The maximum absolute atomic E-state index is 7.17. The van der Waals surface area contributed by atoms with Gasteiger partial charge in [-0.25, -0.2) is 0 Å². The molecule has 3 aliphatic heterocycles. The summed E-state index contributed by atoms with van der Waals surface area (Å²) in [7, 11) is 1.63. The van der Waals surface area contributed by atoms with Gasteiger partial charge in [0.15, 0.2) is 18.9 Å². The molecule has 3 saturated heterocycles. The van der Waals surface area contributed by atoms with Crippen LogP contribution in [0, 0.1) is 0 Å². The first-order valence-corrected chi connectivity index (χ1v) is 19.9. The molecule has 51 heavy (non-hydrogen) atoms. The zero-order valence-corrected chi connectivity index (χ0v) is 32.2. The Morgan fingerprint density at radius 3 is 1.73 bits per heavy atom. The van der Waals surface area contributed by atoms with Gasteiger partial charge in [0.2, 0.25) is 0 Å². The maximum Gasteiger partial charge on any atom is 0.187 e. The summed E-state index contributed by atoms with van der Waals surface area (Å²) in [6.07, 6.45) is 3.44. The molecule has 0 radical (unpaired) electrons. The van der Waals surface area contributed by atoms with Gasteiger partial charge in [-0.05, 0) is 32.1 Å². The SMILES string of the molecule is CCCCOCC1O[C@H](OC2C(OCCCC)[C@@H](OC)OC3COC(c4ccccc4)O[C@H]32)[C@@H](OCCCC)C(OCCCC)[C@H]1OCCCC. The Labute approximate surface area is 307 Å². The standard InChI is InChI=1S/C40H68O11/c1-7-12-22-42-27-30-32(43-23-13-8-2)34(44-24-14-9-3)36(45-25-15-10-4)40(49-30)51-35-33-31(48-39(41-6)37(35)46-26-16-11-5)28-47-38(50-33)29-20-18-17-19-21-29/h17-21,30-40H,7-16,22-28H2,1-6H3/t30?,31?,32-,33+,34?,35?,36-,37?,38?,39-,40+/m0/s1. The lowest BCUT2D eigenvalue weighted by Gasteiger charge is -2.51. The van der Waals surface area contributed by atoms with E-state index in [4.69, 9.17) is 52.1 Å². The minimum absolute atomic E-state index is 0.303. The smallest absolute Gasteiger partial charge is 0.187 e. The molecule has 6 unspecified atom stereocenters. The lowest BCUT2D eigenvalue weighted by atomic mass is 9.95. The van der Waals surface area contributed by atoms with Gasteiger partial charge in [-0.1, -0.05) is 97.1 Å². The predicted octanol–water partition coefficient (Wildman–Crippen LogP) is 7.14. The number of ether oxygens (including phenoxy) is 11. The Morgan fingerprint density at radius 2 is 1.14 bits per heavy atom. The van der Waals surface area contributed by atoms with E-state index in [2.05, 4.69) is 34.6 Å². The summed E-state index contributed by atoms with van der Waals surface area (Å²) in [4.78, 5) is 0. The third kappa shape index (κ3) is 12.7. The molecule has 3 fully saturated rings. The first kappa shape index (κ1) is 42.5. The summed E-state index contributed by atoms with van der Waals surface area (Å²) in [5, 5.41) is 0. The second-order valence-corrected chi connectivity index (χ2v) is 13.8. The highest BCUT2D eigenvalue weighted by Crippen LogP contribution is 2.39. The van der Waals surface area contributed by atoms with Gasteiger partial charge in [0.1, 0.15) is 48.8 Å². The van der Waals surface area contributed by atoms with Gasteiger partial charge < -0.3 is 52.1 Å². The largest absolute Gasteiger partial charge is 0.379 e. The van der Waals surface area contributed by atoms with E-state index in [1.807, 2.05) is 30.3 Å². The first-order chi connectivity index (χ1) is 25.1. The van der Waals surface area contributed by atoms with Crippen molar-refractivity contribution in [2.45, 2.75) is 167 Å². The molecule has 3 heterocycles. The maximum atomic E-state index is 7.17. The second-order valence-electron chi connectivity index (χ2n) is 13.8. The molecule has 1 aromatic carbocycles. The molecular formula is C40H68O11. The molecule has 0 amide bonds. The quantitative estimate of drug-likeness (QED) is 0.0963. The summed E-state index contributed by atoms with van der Waals surface area (Å²) < 4.78 is 72.1. The summed E-state index contributed by atoms with van der Waals surface area (Å²) >= 11 is 0. The molecule has 0 spiro atoms. The topological polar surface area (TPSA) is 102 Å². The summed E-state index contributed by atoms with van der Waals surface area (Å²) in [5.74, 6) is 0. The van der Waals surface area contributed by atoms with E-state index < -0.39 is 67.7 Å². The average Bonchev–Trinajstić information content (AvgIpc) is 3.16. The normalized spacial score (nSPS) is 32.5. The number of hydrogen-bond donors (Lipinski definition) is 0. The highest BCUT2D eigenvalue weighted by Gasteiger charge is 2.56. The summed E-state index contributed by atoms with van der Waals surface area (Å²) in [6.45, 7) is 14.3. The Bertz CT molecular complexity index is 1020. The van der Waals surface area contributed by atoms with Crippen LogP contribution >= 0.6 is 0 Å². The van der Waals surface area contributed by atoms with E-state index in [0.717, 1.165) is 69.8 Å². The van der Waals surface area contributed by atoms with Gasteiger partial charge in [0.25, 0.3) is 0 Å². The highest BCUT2D eigenvalue weighted by molar-refractivity contribution is 5.16. The van der Waals surface area contributed by atoms with E-state index in [-0.39, 0.29) is 0 Å². The number of benzene rings is 1. The van der Waals surface area contributed by atoms with Gasteiger partial charge in [0.05, 0.1) is 13.2 Å². The lowest BCUT2D eigenvalue weighted by molar-refractivity contribution is -0.398. The van der Waals surface area contributed by atoms with Crippen LogP contribution in [-0.2, 0) is 52.1 Å². The van der Waals surface area contributed by atoms with E-state index >= 15 is 0 Å². The van der Waals surface area contributed by atoms with Crippen LogP contribution in [0.15, 0.2) is 30.3 Å². The van der Waals surface area contributed by atoms with E-state index in [1.165, 1.54) is 0 Å². The van der Waals surface area contributed by atoms with Crippen LogP contribution in [0.4, 0.5) is 0 Å². The van der Waals surface area contributed by atoms with Crippen molar-refractivity contribution >= 4 is 0 Å². The van der Waals surface area contributed by atoms with Crippen LogP contribution in [0.5, 0.6) is 0 Å². The lowest BCUT2D eigenvalue weighted by Crippen LogP contribution is -2.67. The fraction of sp³-hybridized carbons (Fsp3) is 0.850. The first-order valence-electron chi connectivity index (χ1n) is 19.9. The Hall–Kier alpha value is -1.22. The zero-order valence-electron chi connectivity index (χ0n) is 32.2. The fourth-order valence-electron chi connectivity index (χ4n) is 6.59. The Kier molecular flexibility index (Phi) is 20.2. The van der Waals surface area contributed by atoms with Crippen LogP contribution in [0.1, 0.15) is 111 Å². The van der Waals surface area contributed by atoms with Gasteiger partial charge in [-0.15, -0.1) is 0 Å². The number of unbranched alkanes of at least 4 members (excludes halogenated alkanes) is 5. The third-order valence-electron chi connectivity index (χ3n) is 9.63. The van der Waals surface area contributed by atoms with Crippen molar-refractivity contribution in [3.8, 4) is 0 Å². The van der Waals surface area contributed by atoms with Gasteiger partial charge >= 0.3 is 0 Å². The third-order valence-corrected chi connectivity index (χ3v) is 9.63. The van der Waals surface area contributed by atoms with Crippen LogP contribution < -0.4 is 0 Å². The Balaban J connectivity index is 1.70. The van der Waals surface area contributed by atoms with E-state index in [9.17, 15) is 0 Å². The van der Waals surface area contributed by atoms with Crippen molar-refractivity contribution in [3.05, 3.63) is 35.9 Å². The molecule has 0 N–H and O–H groups in total. The molecule has 4 rings (SSSR count). The van der Waals surface area contributed by atoms with Gasteiger partial charge in [-0.3, -0.25) is 0 Å². The molecule has 11 atom stereocenters. The highest BCUT2D eigenvalue weighted by atomic mass is 16.8. The molecule has 11 nitrogen and oxygen atoms in total. The van der Waals surface area contributed by atoms with Crippen molar-refractivity contribution < 1.29 is 52.1 Å². The molecule has 0 bridgehead atoms. The molecule has 11 heteroatoms. The minimum atomic E-state index is -0.834. The number of fused-ring (bicyclic) bond motifs is 1. The van der Waals surface area contributed by atoms with E-state index in [1.54, 1.807) is 7.11 Å². The van der Waals surface area contributed by atoms with Crippen LogP contribution in [0.3, 0.4) is 0 Å². The fourth-order valence-corrected chi connectivity index (χ4v) is 6.59. The monoisotopic (exact) mass is 724 g/mol. The second kappa shape index (κ2) is 24.2. The Morgan fingerprint density at radius 1 is 0.588 bits per heavy atom. The number of methoxy groups -OCH3 is 1. The van der Waals surface area contributed by atoms with Crippen LogP contribution in [0.2, 0.25) is 0 Å². The summed E-state index contributed by atoms with van der Waals surface area (Å²) in [5.41, 5.74) is 0.919. The minimum Gasteiger partial charge on any atom is -0.379 e. The average molecular weight is 725 g/mol. The molecule has 0 aromatic heterocycles. The molecule has 294 valence electrons. The van der Waals surface area contributed by atoms with Gasteiger partial charge in [-0.2, -0.15) is 0 Å². The molecule has 0 saturated carbocycles. The predicted molar refractivity (Wildman–Crippen MR) is 194 cm³/mol. The molecule has 1 aromatic rings. The van der Waals surface area contributed by atoms with Crippen molar-refractivity contribution in [3.63, 3.8) is 0 Å². The molecular weight excluding hydrogens is 656 g/mol. The van der Waals surface area contributed by atoms with Crippen molar-refractivity contribution in [2.24, 2.45) is 0 Å². The molecule has 0 aliphatic carbocycles. The van der Waals surface area contributed by atoms with Crippen molar-refractivity contribution in [1.82, 2.24) is 0 Å². The van der Waals surface area contributed by atoms with Crippen LogP contribution in [0.25, 0.3) is 0 Å². The number of hydrogen-bond acceptors (Lipinski definition) is 11. The van der Waals surface area contributed by atoms with E-state index in [0.29, 0.717) is 46.2 Å².